The number of nitrogens with zero attached hydrogens (tertiary/aromatic N) is 2. The third-order valence-corrected chi connectivity index (χ3v) is 7.37. The SMILES string of the molecule is Cc1ccc(S(=O)(=O)N2CCCCC2C(=O)Nc2ccc(-c3coc(C)n3)cc2)cc1. The molecular weight excluding hydrogens is 414 g/mol. The van der Waals surface area contributed by atoms with Crippen molar-refractivity contribution in [1.29, 1.82) is 0 Å². The van der Waals surface area contributed by atoms with Crippen molar-refractivity contribution in [3.63, 3.8) is 0 Å². The Kier molecular flexibility index (Phi) is 5.93. The monoisotopic (exact) mass is 439 g/mol. The zero-order valence-electron chi connectivity index (χ0n) is 17.5. The summed E-state index contributed by atoms with van der Waals surface area (Å²) in [6.45, 7) is 4.01. The van der Waals surface area contributed by atoms with Crippen molar-refractivity contribution in [3.8, 4) is 11.3 Å². The molecule has 1 unspecified atom stereocenters. The Morgan fingerprint density at radius 3 is 2.42 bits per heavy atom. The van der Waals surface area contributed by atoms with Gasteiger partial charge in [0.05, 0.1) is 4.90 Å². The van der Waals surface area contributed by atoms with Crippen molar-refractivity contribution < 1.29 is 17.6 Å². The van der Waals surface area contributed by atoms with Gasteiger partial charge in [0.25, 0.3) is 0 Å². The highest BCUT2D eigenvalue weighted by Gasteiger charge is 2.37. The molecule has 1 atom stereocenters. The molecule has 1 aliphatic heterocycles. The molecule has 1 fully saturated rings. The van der Waals surface area contributed by atoms with Gasteiger partial charge in [-0.2, -0.15) is 4.31 Å². The first kappa shape index (κ1) is 21.3. The highest BCUT2D eigenvalue weighted by atomic mass is 32.2. The Morgan fingerprint density at radius 1 is 1.06 bits per heavy atom. The number of nitrogens with one attached hydrogen (secondary N) is 1. The smallest absolute Gasteiger partial charge is 0.243 e. The first-order valence-electron chi connectivity index (χ1n) is 10.3. The summed E-state index contributed by atoms with van der Waals surface area (Å²) in [5.41, 5.74) is 3.18. The van der Waals surface area contributed by atoms with E-state index in [0.29, 0.717) is 24.5 Å². The van der Waals surface area contributed by atoms with E-state index in [1.165, 1.54) is 4.31 Å². The van der Waals surface area contributed by atoms with Crippen LogP contribution in [0.25, 0.3) is 11.3 Å². The van der Waals surface area contributed by atoms with Crippen LogP contribution in [0, 0.1) is 13.8 Å². The number of hydrogen-bond acceptors (Lipinski definition) is 5. The fraction of sp³-hybridized carbons (Fsp3) is 0.304. The lowest BCUT2D eigenvalue weighted by Crippen LogP contribution is -2.49. The molecule has 31 heavy (non-hydrogen) atoms. The zero-order valence-corrected chi connectivity index (χ0v) is 18.4. The molecule has 2 aromatic carbocycles. The lowest BCUT2D eigenvalue weighted by Gasteiger charge is -2.33. The Balaban J connectivity index is 1.51. The summed E-state index contributed by atoms with van der Waals surface area (Å²) in [4.78, 5) is 17.5. The van der Waals surface area contributed by atoms with Gasteiger partial charge in [0.2, 0.25) is 15.9 Å². The molecule has 7 nitrogen and oxygen atoms in total. The summed E-state index contributed by atoms with van der Waals surface area (Å²) in [7, 11) is -3.75. The summed E-state index contributed by atoms with van der Waals surface area (Å²) in [6, 6.07) is 13.2. The topological polar surface area (TPSA) is 92.5 Å². The molecule has 0 spiro atoms. The maximum Gasteiger partial charge on any atom is 0.243 e. The summed E-state index contributed by atoms with van der Waals surface area (Å²) < 4.78 is 33.0. The van der Waals surface area contributed by atoms with Crippen LogP contribution in [0.15, 0.2) is 64.1 Å². The van der Waals surface area contributed by atoms with Crippen molar-refractivity contribution in [1.82, 2.24) is 9.29 Å². The summed E-state index contributed by atoms with van der Waals surface area (Å²) >= 11 is 0. The quantitative estimate of drug-likeness (QED) is 0.645. The molecule has 1 N–H and O–H groups in total. The molecular formula is C23H25N3O4S. The summed E-state index contributed by atoms with van der Waals surface area (Å²) in [6.07, 6.45) is 3.62. The number of rotatable bonds is 5. The normalized spacial score (nSPS) is 17.4. The van der Waals surface area contributed by atoms with E-state index in [-0.39, 0.29) is 10.8 Å². The van der Waals surface area contributed by atoms with Crippen LogP contribution in [0.5, 0.6) is 0 Å². The molecule has 0 aliphatic carbocycles. The lowest BCUT2D eigenvalue weighted by molar-refractivity contribution is -0.120. The van der Waals surface area contributed by atoms with E-state index in [1.54, 1.807) is 49.6 Å². The summed E-state index contributed by atoms with van der Waals surface area (Å²) in [5.74, 6) is 0.264. The van der Waals surface area contributed by atoms with E-state index in [9.17, 15) is 13.2 Å². The second kappa shape index (κ2) is 8.64. The zero-order chi connectivity index (χ0) is 22.0. The van der Waals surface area contributed by atoms with Crippen molar-refractivity contribution in [2.75, 3.05) is 11.9 Å². The number of amides is 1. The molecule has 1 saturated heterocycles. The number of hydrogen-bond donors (Lipinski definition) is 1. The van der Waals surface area contributed by atoms with Crippen LogP contribution in [0.2, 0.25) is 0 Å². The van der Waals surface area contributed by atoms with Crippen LogP contribution in [-0.2, 0) is 14.8 Å². The van der Waals surface area contributed by atoms with Crippen LogP contribution in [0.1, 0.15) is 30.7 Å². The van der Waals surface area contributed by atoms with Gasteiger partial charge in [0, 0.05) is 24.7 Å². The van der Waals surface area contributed by atoms with Gasteiger partial charge >= 0.3 is 0 Å². The van der Waals surface area contributed by atoms with E-state index in [1.807, 2.05) is 19.1 Å². The van der Waals surface area contributed by atoms with Crippen LogP contribution in [0.3, 0.4) is 0 Å². The van der Waals surface area contributed by atoms with E-state index in [4.69, 9.17) is 4.42 Å². The van der Waals surface area contributed by atoms with E-state index < -0.39 is 16.1 Å². The number of benzene rings is 2. The van der Waals surface area contributed by atoms with Gasteiger partial charge in [-0.15, -0.1) is 0 Å². The summed E-state index contributed by atoms with van der Waals surface area (Å²) in [5, 5.41) is 2.87. The molecule has 4 rings (SSSR count). The number of anilines is 1. The Labute approximate surface area is 182 Å². The molecule has 1 aliphatic rings. The van der Waals surface area contributed by atoms with E-state index in [2.05, 4.69) is 10.3 Å². The minimum atomic E-state index is -3.75. The molecule has 1 amide bonds. The lowest BCUT2D eigenvalue weighted by atomic mass is 10.0. The number of aryl methyl sites for hydroxylation is 2. The Hall–Kier alpha value is -2.97. The van der Waals surface area contributed by atoms with Gasteiger partial charge in [-0.25, -0.2) is 13.4 Å². The highest BCUT2D eigenvalue weighted by molar-refractivity contribution is 7.89. The number of piperidine rings is 1. The van der Waals surface area contributed by atoms with Gasteiger partial charge in [-0.05, 0) is 44.0 Å². The van der Waals surface area contributed by atoms with Crippen LogP contribution in [0.4, 0.5) is 5.69 Å². The molecule has 0 bridgehead atoms. The third kappa shape index (κ3) is 4.55. The number of sulfonamides is 1. The van der Waals surface area contributed by atoms with Crippen LogP contribution >= 0.6 is 0 Å². The second-order valence-electron chi connectivity index (χ2n) is 7.76. The molecule has 0 saturated carbocycles. The van der Waals surface area contributed by atoms with Crippen LogP contribution < -0.4 is 5.32 Å². The van der Waals surface area contributed by atoms with Gasteiger partial charge in [-0.1, -0.05) is 36.2 Å². The maximum absolute atomic E-state index is 13.2. The minimum Gasteiger partial charge on any atom is -0.449 e. The van der Waals surface area contributed by atoms with E-state index in [0.717, 1.165) is 29.7 Å². The fourth-order valence-corrected chi connectivity index (χ4v) is 5.40. The van der Waals surface area contributed by atoms with Crippen molar-refractivity contribution in [2.45, 2.75) is 44.0 Å². The predicted molar refractivity (Wildman–Crippen MR) is 118 cm³/mol. The minimum absolute atomic E-state index is 0.213. The first-order valence-corrected chi connectivity index (χ1v) is 11.7. The van der Waals surface area contributed by atoms with Gasteiger partial charge in [-0.3, -0.25) is 4.79 Å². The van der Waals surface area contributed by atoms with Gasteiger partial charge < -0.3 is 9.73 Å². The third-order valence-electron chi connectivity index (χ3n) is 5.45. The molecule has 3 aromatic rings. The molecule has 0 radical (unpaired) electrons. The fourth-order valence-electron chi connectivity index (χ4n) is 3.75. The molecule has 162 valence electrons. The average molecular weight is 440 g/mol. The average Bonchev–Trinajstić information content (AvgIpc) is 3.21. The van der Waals surface area contributed by atoms with Crippen molar-refractivity contribution >= 4 is 21.6 Å². The molecule has 1 aromatic heterocycles. The maximum atomic E-state index is 13.2. The number of aromatic nitrogens is 1. The van der Waals surface area contributed by atoms with E-state index >= 15 is 0 Å². The first-order chi connectivity index (χ1) is 14.8. The van der Waals surface area contributed by atoms with Crippen LogP contribution in [-0.4, -0.2) is 36.2 Å². The number of carbonyl (C=O) groups is 1. The van der Waals surface area contributed by atoms with Gasteiger partial charge in [0.15, 0.2) is 5.89 Å². The number of carbonyl (C=O) groups excluding carboxylic acids is 1. The Bertz CT molecular complexity index is 1170. The predicted octanol–water partition coefficient (Wildman–Crippen LogP) is 4.14. The van der Waals surface area contributed by atoms with Crippen molar-refractivity contribution in [2.24, 2.45) is 0 Å². The standard InChI is InChI=1S/C23H25N3O4S/c1-16-6-12-20(13-7-16)31(28,29)26-14-4-3-5-22(26)23(27)25-19-10-8-18(9-11-19)21-15-30-17(2)24-21/h6-13,15,22H,3-5,14H2,1-2H3,(H,25,27). The second-order valence-corrected chi connectivity index (χ2v) is 9.65. The molecule has 2 heterocycles. The molecule has 8 heteroatoms. The van der Waals surface area contributed by atoms with Crippen molar-refractivity contribution in [3.05, 3.63) is 66.2 Å². The largest absolute Gasteiger partial charge is 0.449 e. The highest BCUT2D eigenvalue weighted by Crippen LogP contribution is 2.27. The number of oxazole rings is 1. The van der Waals surface area contributed by atoms with Gasteiger partial charge in [0.1, 0.15) is 18.0 Å². The Morgan fingerprint density at radius 2 is 1.77 bits per heavy atom.